The maximum atomic E-state index is 6.59. The van der Waals surface area contributed by atoms with Crippen LogP contribution in [0.1, 0.15) is 22.8 Å². The summed E-state index contributed by atoms with van der Waals surface area (Å²) in [5, 5.41) is 2.53. The minimum Gasteiger partial charge on any atom is -0.354 e. The summed E-state index contributed by atoms with van der Waals surface area (Å²) in [6, 6.07) is 39.7. The van der Waals surface area contributed by atoms with Crippen molar-refractivity contribution in [1.82, 2.24) is 19.9 Å². The van der Waals surface area contributed by atoms with Crippen molar-refractivity contribution in [2.75, 3.05) is 0 Å². The van der Waals surface area contributed by atoms with E-state index in [0.29, 0.717) is 20.1 Å². The highest BCUT2D eigenvalue weighted by atomic mass is 35.5. The number of nitrogens with one attached hydrogen (secondary N) is 2. The van der Waals surface area contributed by atoms with Crippen molar-refractivity contribution in [1.29, 1.82) is 0 Å². The molecule has 7 aromatic rings. The largest absolute Gasteiger partial charge is 0.354 e. The lowest BCUT2D eigenvalue weighted by Gasteiger charge is -2.07. The Morgan fingerprint density at radius 3 is 0.962 bits per heavy atom. The molecular weight excluding hydrogens is 726 g/mol. The molecule has 4 nitrogen and oxygen atoms in total. The molecule has 2 N–H and O–H groups in total. The van der Waals surface area contributed by atoms with Crippen LogP contribution in [-0.2, 0) is 0 Å². The zero-order valence-electron chi connectivity index (χ0n) is 27.3. The zero-order valence-corrected chi connectivity index (χ0v) is 30.3. The first-order chi connectivity index (χ1) is 25.4. The second-order valence-corrected chi connectivity index (χ2v) is 14.3. The maximum Gasteiger partial charge on any atom is 0.0738 e. The molecule has 0 radical (unpaired) electrons. The Morgan fingerprint density at radius 1 is 0.327 bits per heavy atom. The molecule has 4 aromatic carbocycles. The number of aromatic amines is 2. The molecule has 0 fully saturated rings. The summed E-state index contributed by atoms with van der Waals surface area (Å²) < 4.78 is 0. The van der Waals surface area contributed by atoms with Crippen molar-refractivity contribution in [2.24, 2.45) is 0 Å². The zero-order chi connectivity index (χ0) is 35.3. The van der Waals surface area contributed by atoms with Gasteiger partial charge in [0, 0.05) is 64.4 Å². The molecule has 2 aliphatic heterocycles. The summed E-state index contributed by atoms with van der Waals surface area (Å²) in [6.45, 7) is 0. The van der Waals surface area contributed by atoms with Crippen molar-refractivity contribution in [3.63, 3.8) is 0 Å². The highest BCUT2D eigenvalue weighted by Gasteiger charge is 2.20. The second-order valence-electron chi connectivity index (χ2n) is 12.5. The van der Waals surface area contributed by atoms with Crippen molar-refractivity contribution < 1.29 is 0 Å². The van der Waals surface area contributed by atoms with Crippen LogP contribution in [0.25, 0.3) is 90.9 Å². The number of hydrogen-bond donors (Lipinski definition) is 2. The van der Waals surface area contributed by atoms with Gasteiger partial charge in [0.15, 0.2) is 0 Å². The molecule has 52 heavy (non-hydrogen) atoms. The molecule has 0 saturated carbocycles. The van der Waals surface area contributed by atoms with Crippen LogP contribution < -0.4 is 0 Å². The highest BCUT2D eigenvalue weighted by molar-refractivity contribution is 6.32. The van der Waals surface area contributed by atoms with Crippen molar-refractivity contribution in [3.8, 4) is 44.5 Å². The molecule has 0 amide bonds. The molecule has 0 unspecified atom stereocenters. The van der Waals surface area contributed by atoms with Crippen LogP contribution in [0.5, 0.6) is 0 Å². The molecule has 3 aromatic heterocycles. The van der Waals surface area contributed by atoms with Gasteiger partial charge in [-0.2, -0.15) is 0 Å². The van der Waals surface area contributed by atoms with Crippen LogP contribution in [0.4, 0.5) is 0 Å². The Kier molecular flexibility index (Phi) is 8.33. The first-order valence-corrected chi connectivity index (χ1v) is 18.1. The number of hydrogen-bond acceptors (Lipinski definition) is 2. The van der Waals surface area contributed by atoms with Crippen molar-refractivity contribution in [3.05, 3.63) is 164 Å². The monoisotopic (exact) mass is 750 g/mol. The lowest BCUT2D eigenvalue weighted by Crippen LogP contribution is -1.91. The van der Waals surface area contributed by atoms with Gasteiger partial charge in [0.05, 0.1) is 22.8 Å². The van der Waals surface area contributed by atoms with Crippen LogP contribution in [0.15, 0.2) is 121 Å². The first kappa shape index (κ1) is 32.5. The highest BCUT2D eigenvalue weighted by Crippen LogP contribution is 2.39. The first-order valence-electron chi connectivity index (χ1n) is 16.6. The summed E-state index contributed by atoms with van der Waals surface area (Å²) in [4.78, 5) is 18.1. The number of fused-ring (bicyclic) bond motifs is 8. The predicted molar refractivity (Wildman–Crippen MR) is 221 cm³/mol. The van der Waals surface area contributed by atoms with Crippen LogP contribution in [0, 0.1) is 0 Å². The van der Waals surface area contributed by atoms with Crippen LogP contribution in [-0.4, -0.2) is 19.9 Å². The Balaban J connectivity index is 1.49. The fourth-order valence-electron chi connectivity index (χ4n) is 7.00. The Hall–Kier alpha value is -5.36. The summed E-state index contributed by atoms with van der Waals surface area (Å²) in [5.74, 6) is 0. The van der Waals surface area contributed by atoms with Gasteiger partial charge in [-0.25, -0.2) is 9.97 Å². The van der Waals surface area contributed by atoms with Crippen LogP contribution in [0.3, 0.4) is 0 Å². The van der Waals surface area contributed by atoms with Gasteiger partial charge >= 0.3 is 0 Å². The number of nitrogens with zero attached hydrogens (tertiary/aromatic N) is 2. The number of H-pyrrole nitrogens is 2. The number of benzene rings is 4. The van der Waals surface area contributed by atoms with Gasteiger partial charge in [-0.05, 0) is 119 Å². The molecule has 8 heteroatoms. The van der Waals surface area contributed by atoms with E-state index in [1.165, 1.54) is 0 Å². The third-order valence-corrected chi connectivity index (χ3v) is 10.1. The second kappa shape index (κ2) is 13.3. The average Bonchev–Trinajstić information content (AvgIpc) is 3.96. The molecule has 0 spiro atoms. The van der Waals surface area contributed by atoms with Crippen molar-refractivity contribution in [2.45, 2.75) is 0 Å². The van der Waals surface area contributed by atoms with Gasteiger partial charge in [0.25, 0.3) is 0 Å². The quantitative estimate of drug-likeness (QED) is 0.188. The van der Waals surface area contributed by atoms with E-state index < -0.39 is 0 Å². The van der Waals surface area contributed by atoms with E-state index >= 15 is 0 Å². The van der Waals surface area contributed by atoms with E-state index in [1.54, 1.807) is 0 Å². The SMILES string of the molecule is Clc1cccc(-c2c3nc(c(-c4cccc(Cl)c4)c4ccc([nH]4)c(-c4cccc(Cl)c4)c4ccc([nH]4)c(-c4cccc(Cl)c4)c4nc2C=C4)C=C3)c1. The topological polar surface area (TPSA) is 57.4 Å². The van der Waals surface area contributed by atoms with Gasteiger partial charge in [0.1, 0.15) is 0 Å². The Bertz CT molecular complexity index is 2660. The lowest BCUT2D eigenvalue weighted by atomic mass is 10.0. The molecule has 0 saturated heterocycles. The Labute approximate surface area is 319 Å². The smallest absolute Gasteiger partial charge is 0.0738 e. The van der Waals surface area contributed by atoms with E-state index in [1.807, 2.05) is 115 Å². The maximum absolute atomic E-state index is 6.59. The fraction of sp³-hybridized carbons (Fsp3) is 0. The van der Waals surface area contributed by atoms with E-state index in [4.69, 9.17) is 56.4 Å². The Morgan fingerprint density at radius 2 is 0.615 bits per heavy atom. The molecule has 5 heterocycles. The minimum atomic E-state index is 0.623. The third-order valence-electron chi connectivity index (χ3n) is 9.21. The number of rotatable bonds is 4. The fourth-order valence-corrected chi connectivity index (χ4v) is 7.76. The van der Waals surface area contributed by atoms with Gasteiger partial charge in [-0.3, -0.25) is 0 Å². The van der Waals surface area contributed by atoms with Gasteiger partial charge < -0.3 is 9.97 Å². The third kappa shape index (κ3) is 6.04. The summed E-state index contributed by atoms with van der Waals surface area (Å²) in [5.41, 5.74) is 14.0. The van der Waals surface area contributed by atoms with Gasteiger partial charge in [0.2, 0.25) is 0 Å². The molecule has 9 rings (SSSR count). The number of aromatic nitrogens is 4. The van der Waals surface area contributed by atoms with Gasteiger partial charge in [-0.1, -0.05) is 94.9 Å². The molecule has 8 bridgehead atoms. The molecule has 2 aliphatic rings. The van der Waals surface area contributed by atoms with E-state index in [9.17, 15) is 0 Å². The number of halogens is 4. The van der Waals surface area contributed by atoms with Crippen LogP contribution in [0.2, 0.25) is 20.1 Å². The molecular formula is C44H26Cl4N4. The van der Waals surface area contributed by atoms with E-state index in [-0.39, 0.29) is 0 Å². The summed E-state index contributed by atoms with van der Waals surface area (Å²) >= 11 is 26.3. The predicted octanol–water partition coefficient (Wildman–Crippen LogP) is 13.9. The average molecular weight is 753 g/mol. The summed E-state index contributed by atoms with van der Waals surface area (Å²) in [6.07, 6.45) is 8.16. The van der Waals surface area contributed by atoms with E-state index in [2.05, 4.69) is 40.3 Å². The van der Waals surface area contributed by atoms with Crippen LogP contribution >= 0.6 is 46.4 Å². The van der Waals surface area contributed by atoms with Crippen molar-refractivity contribution >= 4 is 92.8 Å². The summed E-state index contributed by atoms with van der Waals surface area (Å²) in [7, 11) is 0. The standard InChI is InChI=1S/C44H26Cl4N4/c45-29-9-1-5-25(21-29)41-33-13-15-35(49-33)42(26-6-2-10-30(46)22-26)37-17-19-39(51-37)44(28-8-4-12-32(48)24-28)40-20-18-38(52-40)43(36-16-14-34(41)50-36)27-7-3-11-31(47)23-27/h1-24,49-50H. The molecule has 250 valence electrons. The van der Waals surface area contributed by atoms with Gasteiger partial charge in [-0.15, -0.1) is 0 Å². The minimum absolute atomic E-state index is 0.623. The molecule has 0 atom stereocenters. The van der Waals surface area contributed by atoms with E-state index in [0.717, 1.165) is 89.4 Å². The molecule has 0 aliphatic carbocycles. The normalized spacial score (nSPS) is 12.1. The lowest BCUT2D eigenvalue weighted by molar-refractivity contribution is 1.28.